The van der Waals surface area contributed by atoms with Gasteiger partial charge in [0.25, 0.3) is 0 Å². The summed E-state index contributed by atoms with van der Waals surface area (Å²) in [7, 11) is 0. The highest BCUT2D eigenvalue weighted by Crippen LogP contribution is 2.12. The third-order valence-corrected chi connectivity index (χ3v) is 3.02. The summed E-state index contributed by atoms with van der Waals surface area (Å²) in [5, 5.41) is 2.09. The van der Waals surface area contributed by atoms with Crippen LogP contribution >= 0.6 is 36.6 Å². The molecule has 0 spiro atoms. The topological polar surface area (TPSA) is 3.24 Å². The lowest BCUT2D eigenvalue weighted by Gasteiger charge is -2.14. The fourth-order valence-electron chi connectivity index (χ4n) is 0.768. The Bertz CT molecular complexity index is 182. The van der Waals surface area contributed by atoms with Crippen LogP contribution in [0.2, 0.25) is 0 Å². The number of hydrogen-bond acceptors (Lipinski definition) is 4. The van der Waals surface area contributed by atoms with Gasteiger partial charge in [-0.1, -0.05) is 6.07 Å². The summed E-state index contributed by atoms with van der Waals surface area (Å²) in [5.74, 6) is 1.53. The lowest BCUT2D eigenvalue weighted by atomic mass is 10.4. The molecular formula is C7H11NS3. The Morgan fingerprint density at radius 3 is 2.55 bits per heavy atom. The molecule has 1 nitrogen and oxygen atoms in total. The van der Waals surface area contributed by atoms with Gasteiger partial charge in [-0.15, -0.1) is 11.3 Å². The average molecular weight is 205 g/mol. The van der Waals surface area contributed by atoms with Gasteiger partial charge in [-0.2, -0.15) is 25.3 Å². The first-order valence-corrected chi connectivity index (χ1v) is 5.47. The van der Waals surface area contributed by atoms with Gasteiger partial charge in [0.1, 0.15) is 0 Å². The van der Waals surface area contributed by atoms with Gasteiger partial charge in [-0.25, -0.2) is 0 Å². The van der Waals surface area contributed by atoms with Gasteiger partial charge in [0.2, 0.25) is 0 Å². The van der Waals surface area contributed by atoms with Gasteiger partial charge in [0, 0.05) is 23.2 Å². The second kappa shape index (κ2) is 5.09. The molecule has 0 bridgehead atoms. The third-order valence-electron chi connectivity index (χ3n) is 1.36. The van der Waals surface area contributed by atoms with E-state index in [1.165, 1.54) is 4.88 Å². The molecule has 0 atom stereocenters. The highest BCUT2D eigenvalue weighted by atomic mass is 32.1. The summed E-state index contributed by atoms with van der Waals surface area (Å²) in [5.41, 5.74) is 0. The van der Waals surface area contributed by atoms with Crippen molar-refractivity contribution in [3.8, 4) is 0 Å². The number of thiol groups is 2. The predicted molar refractivity (Wildman–Crippen MR) is 57.6 cm³/mol. The van der Waals surface area contributed by atoms with Gasteiger partial charge in [0.15, 0.2) is 0 Å². The molecular weight excluding hydrogens is 194 g/mol. The molecule has 0 aliphatic rings. The Balaban J connectivity index is 2.41. The molecule has 1 rings (SSSR count). The van der Waals surface area contributed by atoms with Crippen LogP contribution in [0.1, 0.15) is 4.88 Å². The summed E-state index contributed by atoms with van der Waals surface area (Å²) >= 11 is 10.1. The van der Waals surface area contributed by atoms with Crippen molar-refractivity contribution in [3.63, 3.8) is 0 Å². The van der Waals surface area contributed by atoms with E-state index >= 15 is 0 Å². The minimum atomic E-state index is 0.765. The van der Waals surface area contributed by atoms with Crippen LogP contribution in [0, 0.1) is 0 Å². The van der Waals surface area contributed by atoms with Crippen molar-refractivity contribution in [2.24, 2.45) is 0 Å². The van der Waals surface area contributed by atoms with E-state index in [9.17, 15) is 0 Å². The number of thiophene rings is 1. The van der Waals surface area contributed by atoms with Crippen molar-refractivity contribution in [3.05, 3.63) is 22.4 Å². The van der Waals surface area contributed by atoms with Gasteiger partial charge >= 0.3 is 0 Å². The average Bonchev–Trinajstić information content (AvgIpc) is 2.52. The quantitative estimate of drug-likeness (QED) is 0.564. The Hall–Kier alpha value is 0.360. The van der Waals surface area contributed by atoms with Gasteiger partial charge in [-0.05, 0) is 11.4 Å². The molecule has 0 aliphatic heterocycles. The Morgan fingerprint density at radius 1 is 1.36 bits per heavy atom. The molecule has 0 amide bonds. The summed E-state index contributed by atoms with van der Waals surface area (Å²) in [6.07, 6.45) is 0. The minimum absolute atomic E-state index is 0.765. The standard InChI is InChI=1S/C7H11NS3/c9-5-8(6-10)4-7-2-1-3-11-7/h1-3,9-10H,4-6H2. The van der Waals surface area contributed by atoms with E-state index in [0.717, 1.165) is 18.3 Å². The zero-order valence-corrected chi connectivity index (χ0v) is 8.71. The molecule has 1 aromatic heterocycles. The lowest BCUT2D eigenvalue weighted by Crippen LogP contribution is -2.18. The van der Waals surface area contributed by atoms with E-state index in [-0.39, 0.29) is 0 Å². The van der Waals surface area contributed by atoms with E-state index in [1.807, 2.05) is 0 Å². The lowest BCUT2D eigenvalue weighted by molar-refractivity contribution is 0.376. The van der Waals surface area contributed by atoms with Gasteiger partial charge in [-0.3, -0.25) is 4.90 Å². The number of nitrogens with zero attached hydrogens (tertiary/aromatic N) is 1. The van der Waals surface area contributed by atoms with E-state index < -0.39 is 0 Å². The summed E-state index contributed by atoms with van der Waals surface area (Å²) < 4.78 is 0. The van der Waals surface area contributed by atoms with Crippen LogP contribution in [0.25, 0.3) is 0 Å². The second-order valence-corrected chi connectivity index (χ2v) is 3.79. The Kier molecular flexibility index (Phi) is 4.37. The van der Waals surface area contributed by atoms with Gasteiger partial charge < -0.3 is 0 Å². The fraction of sp³-hybridized carbons (Fsp3) is 0.429. The third kappa shape index (κ3) is 3.07. The van der Waals surface area contributed by atoms with Crippen LogP contribution in [-0.2, 0) is 6.54 Å². The second-order valence-electron chi connectivity index (χ2n) is 2.19. The van der Waals surface area contributed by atoms with Crippen molar-refractivity contribution < 1.29 is 0 Å². The van der Waals surface area contributed by atoms with Crippen molar-refractivity contribution in [1.29, 1.82) is 0 Å². The molecule has 0 unspecified atom stereocenters. The SMILES string of the molecule is SCN(CS)Cc1cccs1. The predicted octanol–water partition coefficient (Wildman–Crippen LogP) is 2.32. The molecule has 0 N–H and O–H groups in total. The van der Waals surface area contributed by atoms with Crippen LogP contribution in [0.3, 0.4) is 0 Å². The monoisotopic (exact) mass is 205 g/mol. The van der Waals surface area contributed by atoms with E-state index in [0.29, 0.717) is 0 Å². The van der Waals surface area contributed by atoms with Crippen LogP contribution in [0.15, 0.2) is 17.5 Å². The molecule has 4 heteroatoms. The molecule has 0 aliphatic carbocycles. The van der Waals surface area contributed by atoms with Crippen molar-refractivity contribution >= 4 is 36.6 Å². The summed E-state index contributed by atoms with van der Waals surface area (Å²) in [4.78, 5) is 3.52. The largest absolute Gasteiger partial charge is 0.280 e. The van der Waals surface area contributed by atoms with Crippen LogP contribution in [0.4, 0.5) is 0 Å². The van der Waals surface area contributed by atoms with Crippen LogP contribution < -0.4 is 0 Å². The Labute approximate surface area is 82.2 Å². The molecule has 0 fully saturated rings. The van der Waals surface area contributed by atoms with Crippen molar-refractivity contribution in [1.82, 2.24) is 4.90 Å². The molecule has 0 saturated carbocycles. The zero-order chi connectivity index (χ0) is 8.10. The van der Waals surface area contributed by atoms with Crippen molar-refractivity contribution in [2.75, 3.05) is 11.8 Å². The molecule has 1 aromatic rings. The van der Waals surface area contributed by atoms with Gasteiger partial charge in [0.05, 0.1) is 0 Å². The first kappa shape index (κ1) is 9.45. The normalized spacial score (nSPS) is 10.8. The smallest absolute Gasteiger partial charge is 0.0426 e. The fourth-order valence-corrected chi connectivity index (χ4v) is 2.07. The maximum absolute atomic E-state index is 4.19. The molecule has 0 saturated heterocycles. The minimum Gasteiger partial charge on any atom is -0.280 e. The Morgan fingerprint density at radius 2 is 2.09 bits per heavy atom. The van der Waals surface area contributed by atoms with E-state index in [2.05, 4.69) is 47.7 Å². The van der Waals surface area contributed by atoms with Crippen LogP contribution in [-0.4, -0.2) is 16.7 Å². The molecule has 1 heterocycles. The van der Waals surface area contributed by atoms with E-state index in [1.54, 1.807) is 11.3 Å². The maximum atomic E-state index is 4.19. The van der Waals surface area contributed by atoms with E-state index in [4.69, 9.17) is 0 Å². The first-order valence-electron chi connectivity index (χ1n) is 3.33. The number of hydrogen-bond donors (Lipinski definition) is 2. The first-order chi connectivity index (χ1) is 5.36. The molecule has 0 aromatic carbocycles. The highest BCUT2D eigenvalue weighted by molar-refractivity contribution is 7.81. The maximum Gasteiger partial charge on any atom is 0.0426 e. The molecule has 11 heavy (non-hydrogen) atoms. The van der Waals surface area contributed by atoms with Crippen LogP contribution in [0.5, 0.6) is 0 Å². The van der Waals surface area contributed by atoms with Crippen molar-refractivity contribution in [2.45, 2.75) is 6.54 Å². The zero-order valence-electron chi connectivity index (χ0n) is 6.10. The summed E-state index contributed by atoms with van der Waals surface area (Å²) in [6.45, 7) is 0.963. The summed E-state index contributed by atoms with van der Waals surface area (Å²) in [6, 6.07) is 4.19. The number of rotatable bonds is 4. The molecule has 62 valence electrons. The highest BCUT2D eigenvalue weighted by Gasteiger charge is 2.00. The molecule has 0 radical (unpaired) electrons.